The van der Waals surface area contributed by atoms with Crippen molar-refractivity contribution in [2.75, 3.05) is 0 Å². The van der Waals surface area contributed by atoms with E-state index in [9.17, 15) is 4.79 Å². The van der Waals surface area contributed by atoms with Crippen molar-refractivity contribution in [3.8, 4) is 0 Å². The summed E-state index contributed by atoms with van der Waals surface area (Å²) in [5.74, 6) is -0.384. The molecule has 1 heterocycles. The molecular weight excluding hydrogens is 222 g/mol. The summed E-state index contributed by atoms with van der Waals surface area (Å²) in [5, 5.41) is 2.02. The lowest BCUT2D eigenvalue weighted by atomic mass is 10.0. The summed E-state index contributed by atoms with van der Waals surface area (Å²) in [6.07, 6.45) is 0.725. The van der Waals surface area contributed by atoms with Crippen molar-refractivity contribution in [2.45, 2.75) is 38.8 Å². The number of esters is 1. The Balaban J connectivity index is 2.09. The monoisotopic (exact) mass is 239 g/mol. The molecule has 0 radical (unpaired) electrons. The zero-order chi connectivity index (χ0) is 11.9. The number of nitrogens with two attached hydrogens (primary N) is 1. The van der Waals surface area contributed by atoms with Crippen LogP contribution in [0.25, 0.3) is 0 Å². The molecule has 2 atom stereocenters. The Kier molecular flexibility index (Phi) is 2.80. The van der Waals surface area contributed by atoms with Crippen molar-refractivity contribution < 1.29 is 9.53 Å². The fourth-order valence-corrected chi connectivity index (χ4v) is 2.96. The van der Waals surface area contributed by atoms with E-state index in [1.165, 1.54) is 4.88 Å². The van der Waals surface area contributed by atoms with Crippen LogP contribution >= 0.6 is 11.3 Å². The van der Waals surface area contributed by atoms with Gasteiger partial charge < -0.3 is 10.5 Å². The van der Waals surface area contributed by atoms with Crippen LogP contribution in [0.5, 0.6) is 0 Å². The van der Waals surface area contributed by atoms with Crippen molar-refractivity contribution in [1.29, 1.82) is 0 Å². The fraction of sp³-hybridized carbons (Fsp3) is 0.583. The Hall–Kier alpha value is -0.870. The average molecular weight is 239 g/mol. The second-order valence-corrected chi connectivity index (χ2v) is 6.17. The zero-order valence-electron chi connectivity index (χ0n) is 9.82. The summed E-state index contributed by atoms with van der Waals surface area (Å²) in [6, 6.07) is 1.81. The van der Waals surface area contributed by atoms with Crippen LogP contribution in [-0.2, 0) is 16.0 Å². The molecule has 0 saturated carbocycles. The molecule has 0 spiro atoms. The summed E-state index contributed by atoms with van der Waals surface area (Å²) in [4.78, 5) is 13.2. The number of hydrogen-bond donors (Lipinski definition) is 1. The van der Waals surface area contributed by atoms with Crippen molar-refractivity contribution in [1.82, 2.24) is 0 Å². The first-order chi connectivity index (χ1) is 7.38. The minimum atomic E-state index is -0.438. The van der Waals surface area contributed by atoms with Gasteiger partial charge >= 0.3 is 5.97 Å². The van der Waals surface area contributed by atoms with Gasteiger partial charge in [-0.25, -0.2) is 0 Å². The summed E-state index contributed by atoms with van der Waals surface area (Å²) < 4.78 is 5.38. The third-order valence-electron chi connectivity index (χ3n) is 2.69. The normalized spacial score (nSPS) is 24.2. The largest absolute Gasteiger partial charge is 0.460 e. The summed E-state index contributed by atoms with van der Waals surface area (Å²) in [5.41, 5.74) is 6.73. The molecule has 1 aromatic heterocycles. The molecule has 2 N–H and O–H groups in total. The summed E-state index contributed by atoms with van der Waals surface area (Å²) in [7, 11) is 0. The number of carbonyl (C=O) groups excluding carboxylic acids is 1. The van der Waals surface area contributed by atoms with E-state index >= 15 is 0 Å². The van der Waals surface area contributed by atoms with E-state index in [0.717, 1.165) is 12.0 Å². The van der Waals surface area contributed by atoms with E-state index in [4.69, 9.17) is 10.5 Å². The number of rotatable bonds is 1. The van der Waals surface area contributed by atoms with Gasteiger partial charge in [0.25, 0.3) is 0 Å². The fourth-order valence-electron chi connectivity index (χ4n) is 1.96. The highest BCUT2D eigenvalue weighted by molar-refractivity contribution is 7.10. The van der Waals surface area contributed by atoms with Crippen molar-refractivity contribution >= 4 is 17.3 Å². The maximum Gasteiger partial charge on any atom is 0.311 e. The van der Waals surface area contributed by atoms with E-state index in [2.05, 4.69) is 0 Å². The minimum absolute atomic E-state index is 0.177. The molecule has 16 heavy (non-hydrogen) atoms. The smallest absolute Gasteiger partial charge is 0.311 e. The van der Waals surface area contributed by atoms with Gasteiger partial charge in [0.1, 0.15) is 5.60 Å². The van der Waals surface area contributed by atoms with Crippen molar-refractivity contribution in [3.63, 3.8) is 0 Å². The Morgan fingerprint density at radius 1 is 1.56 bits per heavy atom. The molecule has 0 bridgehead atoms. The zero-order valence-corrected chi connectivity index (χ0v) is 10.6. The van der Waals surface area contributed by atoms with E-state index in [0.29, 0.717) is 0 Å². The molecule has 0 unspecified atom stereocenters. The number of fused-ring (bicyclic) bond motifs is 1. The SMILES string of the molecule is CC(C)(C)OC(=O)[C@@H]1Cc2sccc2[C@H]1N. The Morgan fingerprint density at radius 2 is 2.25 bits per heavy atom. The molecule has 1 aliphatic carbocycles. The molecule has 0 amide bonds. The van der Waals surface area contributed by atoms with Crippen LogP contribution in [0.1, 0.15) is 37.3 Å². The maximum absolute atomic E-state index is 11.9. The van der Waals surface area contributed by atoms with Crippen molar-refractivity contribution in [2.24, 2.45) is 11.7 Å². The summed E-state index contributed by atoms with van der Waals surface area (Å²) in [6.45, 7) is 5.63. The average Bonchev–Trinajstić information content (AvgIpc) is 2.66. The molecular formula is C12H17NO2S. The van der Waals surface area contributed by atoms with E-state index in [-0.39, 0.29) is 17.9 Å². The molecule has 0 fully saturated rings. The molecule has 0 aromatic carbocycles. The van der Waals surface area contributed by atoms with E-state index in [1.54, 1.807) is 11.3 Å². The highest BCUT2D eigenvalue weighted by atomic mass is 32.1. The van der Waals surface area contributed by atoms with Gasteiger partial charge in [-0.05, 0) is 44.2 Å². The molecule has 4 heteroatoms. The first-order valence-electron chi connectivity index (χ1n) is 5.43. The Bertz CT molecular complexity index is 405. The van der Waals surface area contributed by atoms with Gasteiger partial charge in [-0.1, -0.05) is 0 Å². The lowest BCUT2D eigenvalue weighted by Gasteiger charge is -2.23. The quantitative estimate of drug-likeness (QED) is 0.765. The first kappa shape index (κ1) is 11.6. The highest BCUT2D eigenvalue weighted by Crippen LogP contribution is 2.38. The van der Waals surface area contributed by atoms with Gasteiger partial charge in [0.15, 0.2) is 0 Å². The molecule has 88 valence electrons. The predicted octanol–water partition coefficient (Wildman–Crippen LogP) is 2.26. The lowest BCUT2D eigenvalue weighted by molar-refractivity contribution is -0.160. The van der Waals surface area contributed by atoms with Crippen LogP contribution < -0.4 is 5.73 Å². The third kappa shape index (κ3) is 2.13. The van der Waals surface area contributed by atoms with Crippen LogP contribution in [0.4, 0.5) is 0 Å². The van der Waals surface area contributed by atoms with Crippen LogP contribution in [0.2, 0.25) is 0 Å². The van der Waals surface area contributed by atoms with Crippen molar-refractivity contribution in [3.05, 3.63) is 21.9 Å². The van der Waals surface area contributed by atoms with Gasteiger partial charge in [-0.3, -0.25) is 4.79 Å². The lowest BCUT2D eigenvalue weighted by Crippen LogP contribution is -2.32. The van der Waals surface area contributed by atoms with Gasteiger partial charge in [0, 0.05) is 10.9 Å². The van der Waals surface area contributed by atoms with Gasteiger partial charge in [-0.15, -0.1) is 11.3 Å². The molecule has 2 rings (SSSR count). The highest BCUT2D eigenvalue weighted by Gasteiger charge is 2.38. The molecule has 3 nitrogen and oxygen atoms in total. The number of hydrogen-bond acceptors (Lipinski definition) is 4. The first-order valence-corrected chi connectivity index (χ1v) is 6.31. The Morgan fingerprint density at radius 3 is 2.81 bits per heavy atom. The second kappa shape index (κ2) is 3.86. The van der Waals surface area contributed by atoms with Gasteiger partial charge in [-0.2, -0.15) is 0 Å². The van der Waals surface area contributed by atoms with Gasteiger partial charge in [0.2, 0.25) is 0 Å². The molecule has 0 saturated heterocycles. The molecule has 1 aliphatic rings. The number of ether oxygens (including phenoxy) is 1. The second-order valence-electron chi connectivity index (χ2n) is 5.17. The van der Waals surface area contributed by atoms with E-state index in [1.807, 2.05) is 32.2 Å². The number of carbonyl (C=O) groups is 1. The van der Waals surface area contributed by atoms with Crippen LogP contribution in [0.15, 0.2) is 11.4 Å². The maximum atomic E-state index is 11.9. The topological polar surface area (TPSA) is 52.3 Å². The summed E-state index contributed by atoms with van der Waals surface area (Å²) >= 11 is 1.67. The van der Waals surface area contributed by atoms with E-state index < -0.39 is 5.60 Å². The predicted molar refractivity (Wildman–Crippen MR) is 64.3 cm³/mol. The van der Waals surface area contributed by atoms with Crippen LogP contribution in [0, 0.1) is 5.92 Å². The molecule has 1 aromatic rings. The standard InChI is InChI=1S/C12H17NO2S/c1-12(2,3)15-11(14)8-6-9-7(10(8)13)4-5-16-9/h4-5,8,10H,6,13H2,1-3H3/t8-,10-/m1/s1. The van der Waals surface area contributed by atoms with Crippen LogP contribution in [0.3, 0.4) is 0 Å². The van der Waals surface area contributed by atoms with Gasteiger partial charge in [0.05, 0.1) is 5.92 Å². The van der Waals surface area contributed by atoms with Crippen LogP contribution in [-0.4, -0.2) is 11.6 Å². The molecule has 0 aliphatic heterocycles. The minimum Gasteiger partial charge on any atom is -0.460 e. The number of thiophene rings is 1. The third-order valence-corrected chi connectivity index (χ3v) is 3.65. The Labute approximate surface area is 99.6 Å².